The third-order valence-electron chi connectivity index (χ3n) is 6.79. The summed E-state index contributed by atoms with van der Waals surface area (Å²) in [5.74, 6) is -2.88. The Morgan fingerprint density at radius 2 is 1.59 bits per heavy atom. The maximum Gasteiger partial charge on any atom is 0.338 e. The molecule has 6 atom stereocenters. The molecule has 3 amide bonds. The number of alkyl halides is 2. The van der Waals surface area contributed by atoms with Crippen molar-refractivity contribution in [1.82, 2.24) is 0 Å². The minimum Gasteiger partial charge on any atom is -0.452 e. The molecule has 1 N–H and O–H groups in total. The van der Waals surface area contributed by atoms with E-state index in [9.17, 15) is 19.2 Å². The molecule has 2 aliphatic carbocycles. The third kappa shape index (κ3) is 3.85. The zero-order chi connectivity index (χ0) is 24.1. The maximum absolute atomic E-state index is 13.1. The first kappa shape index (κ1) is 23.1. The number of benzene rings is 2. The average Bonchev–Trinajstić information content (AvgIpc) is 3.42. The molecule has 5 rings (SSSR count). The Bertz CT molecular complexity index is 1160. The van der Waals surface area contributed by atoms with E-state index in [1.807, 2.05) is 0 Å². The topological polar surface area (TPSA) is 92.8 Å². The monoisotopic (exact) mass is 520 g/mol. The summed E-state index contributed by atoms with van der Waals surface area (Å²) in [6.45, 7) is -0.485. The molecule has 3 aliphatic rings. The Morgan fingerprint density at radius 3 is 2.18 bits per heavy atom. The number of nitrogens with one attached hydrogen (secondary N) is 1. The number of anilines is 2. The molecule has 0 unspecified atom stereocenters. The summed E-state index contributed by atoms with van der Waals surface area (Å²) in [6.07, 6.45) is 0.693. The van der Waals surface area contributed by atoms with Gasteiger partial charge in [-0.05, 0) is 60.7 Å². The lowest BCUT2D eigenvalue weighted by atomic mass is 9.80. The molecule has 2 aromatic rings. The SMILES string of the molecule is O=C(COC(=O)c1ccc(N2C(=O)[C@@H]3[C@H]4C[C@@H]([C@H](Cl)[C@@H]4Cl)[C@@H]3C2=O)cc1)Nc1cccc(Cl)c1. The smallest absolute Gasteiger partial charge is 0.338 e. The number of imide groups is 1. The quantitative estimate of drug-likeness (QED) is 0.363. The van der Waals surface area contributed by atoms with Crippen molar-refractivity contribution in [3.8, 4) is 0 Å². The van der Waals surface area contributed by atoms with E-state index in [0.717, 1.165) is 0 Å². The Balaban J connectivity index is 1.22. The Hall–Kier alpha value is -2.61. The van der Waals surface area contributed by atoms with Gasteiger partial charge in [0.25, 0.3) is 5.91 Å². The van der Waals surface area contributed by atoms with Crippen molar-refractivity contribution >= 4 is 69.9 Å². The molecule has 10 heteroatoms. The van der Waals surface area contributed by atoms with E-state index in [2.05, 4.69) is 5.32 Å². The van der Waals surface area contributed by atoms with Gasteiger partial charge in [0.1, 0.15) is 0 Å². The lowest BCUT2D eigenvalue weighted by molar-refractivity contribution is -0.123. The Kier molecular flexibility index (Phi) is 6.04. The first-order valence-corrected chi connectivity index (χ1v) is 12.0. The van der Waals surface area contributed by atoms with Gasteiger partial charge >= 0.3 is 5.97 Å². The number of hydrogen-bond donors (Lipinski definition) is 1. The molecule has 2 bridgehead atoms. The molecule has 176 valence electrons. The predicted molar refractivity (Wildman–Crippen MR) is 127 cm³/mol. The van der Waals surface area contributed by atoms with Gasteiger partial charge in [0.15, 0.2) is 6.61 Å². The normalized spacial score (nSPS) is 29.3. The summed E-state index contributed by atoms with van der Waals surface area (Å²) in [5, 5.41) is 2.40. The van der Waals surface area contributed by atoms with Crippen LogP contribution in [0.5, 0.6) is 0 Å². The Morgan fingerprint density at radius 1 is 0.971 bits per heavy atom. The van der Waals surface area contributed by atoms with Crippen LogP contribution in [0.1, 0.15) is 16.8 Å². The molecule has 0 radical (unpaired) electrons. The van der Waals surface area contributed by atoms with Gasteiger partial charge in [0.2, 0.25) is 11.8 Å². The zero-order valence-electron chi connectivity index (χ0n) is 17.6. The van der Waals surface area contributed by atoms with E-state index in [1.165, 1.54) is 29.2 Å². The number of amides is 3. The predicted octanol–water partition coefficient (Wildman–Crippen LogP) is 4.11. The second-order valence-electron chi connectivity index (χ2n) is 8.70. The molecule has 0 spiro atoms. The number of rotatable bonds is 5. The molecule has 34 heavy (non-hydrogen) atoms. The van der Waals surface area contributed by atoms with Gasteiger partial charge in [-0.15, -0.1) is 23.2 Å². The highest BCUT2D eigenvalue weighted by Gasteiger charge is 2.66. The van der Waals surface area contributed by atoms with Gasteiger partial charge < -0.3 is 10.1 Å². The third-order valence-corrected chi connectivity index (χ3v) is 8.35. The van der Waals surface area contributed by atoms with Crippen molar-refractivity contribution < 1.29 is 23.9 Å². The second-order valence-corrected chi connectivity index (χ2v) is 10.1. The van der Waals surface area contributed by atoms with Crippen LogP contribution in [0.15, 0.2) is 48.5 Å². The second kappa shape index (κ2) is 8.87. The van der Waals surface area contributed by atoms with Crippen LogP contribution in [-0.2, 0) is 19.1 Å². The fraction of sp³-hybridized carbons (Fsp3) is 0.333. The largest absolute Gasteiger partial charge is 0.452 e. The lowest BCUT2D eigenvalue weighted by Crippen LogP contribution is -2.37. The van der Waals surface area contributed by atoms with E-state index in [0.29, 0.717) is 22.8 Å². The molecule has 2 saturated carbocycles. The summed E-state index contributed by atoms with van der Waals surface area (Å²) in [4.78, 5) is 51.7. The number of nitrogens with zero attached hydrogens (tertiary/aromatic N) is 1. The number of esters is 1. The molecular weight excluding hydrogens is 503 g/mol. The Labute approximate surface area is 210 Å². The van der Waals surface area contributed by atoms with Crippen LogP contribution in [0.4, 0.5) is 11.4 Å². The summed E-state index contributed by atoms with van der Waals surface area (Å²) in [7, 11) is 0. The van der Waals surface area contributed by atoms with Crippen molar-refractivity contribution in [2.24, 2.45) is 23.7 Å². The fourth-order valence-corrected chi connectivity index (χ4v) is 6.41. The molecule has 0 aromatic heterocycles. The number of carbonyl (C=O) groups is 4. The highest BCUT2D eigenvalue weighted by molar-refractivity contribution is 6.32. The zero-order valence-corrected chi connectivity index (χ0v) is 19.9. The summed E-state index contributed by atoms with van der Waals surface area (Å²) >= 11 is 18.7. The molecule has 7 nitrogen and oxygen atoms in total. The van der Waals surface area contributed by atoms with Crippen LogP contribution in [0.2, 0.25) is 5.02 Å². The molecular formula is C24H19Cl3N2O5. The number of ether oxygens (including phenoxy) is 1. The minimum atomic E-state index is -0.711. The first-order valence-electron chi connectivity index (χ1n) is 10.7. The van der Waals surface area contributed by atoms with Gasteiger partial charge in [-0.3, -0.25) is 19.3 Å². The van der Waals surface area contributed by atoms with Crippen LogP contribution in [-0.4, -0.2) is 41.1 Å². The first-order chi connectivity index (χ1) is 16.3. The average molecular weight is 522 g/mol. The molecule has 1 heterocycles. The van der Waals surface area contributed by atoms with Crippen molar-refractivity contribution in [3.05, 3.63) is 59.1 Å². The van der Waals surface area contributed by atoms with E-state index in [4.69, 9.17) is 39.5 Å². The number of hydrogen-bond acceptors (Lipinski definition) is 5. The molecule has 2 aromatic carbocycles. The summed E-state index contributed by atoms with van der Waals surface area (Å²) in [6, 6.07) is 12.5. The van der Waals surface area contributed by atoms with E-state index < -0.39 is 30.3 Å². The molecule has 1 saturated heterocycles. The van der Waals surface area contributed by atoms with E-state index >= 15 is 0 Å². The van der Waals surface area contributed by atoms with Crippen LogP contribution < -0.4 is 10.2 Å². The van der Waals surface area contributed by atoms with E-state index in [-0.39, 0.29) is 40.0 Å². The van der Waals surface area contributed by atoms with Crippen molar-refractivity contribution in [3.63, 3.8) is 0 Å². The van der Waals surface area contributed by atoms with Gasteiger partial charge in [-0.1, -0.05) is 17.7 Å². The van der Waals surface area contributed by atoms with Gasteiger partial charge in [-0.2, -0.15) is 0 Å². The summed E-state index contributed by atoms with van der Waals surface area (Å²) in [5.41, 5.74) is 1.04. The number of halogens is 3. The fourth-order valence-electron chi connectivity index (χ4n) is 5.33. The van der Waals surface area contributed by atoms with Crippen LogP contribution in [0, 0.1) is 23.7 Å². The number of fused-ring (bicyclic) bond motifs is 5. The van der Waals surface area contributed by atoms with Crippen molar-refractivity contribution in [2.45, 2.75) is 17.2 Å². The van der Waals surface area contributed by atoms with Crippen molar-refractivity contribution in [2.75, 3.05) is 16.8 Å². The highest BCUT2D eigenvalue weighted by atomic mass is 35.5. The van der Waals surface area contributed by atoms with Crippen LogP contribution in [0.3, 0.4) is 0 Å². The van der Waals surface area contributed by atoms with Gasteiger partial charge in [0, 0.05) is 10.7 Å². The van der Waals surface area contributed by atoms with Crippen LogP contribution in [0.25, 0.3) is 0 Å². The van der Waals surface area contributed by atoms with Crippen LogP contribution >= 0.6 is 34.8 Å². The standard InChI is InChI=1S/C24H19Cl3N2O5/c25-12-2-1-3-13(8-12)28-17(30)10-34-24(33)11-4-6-14(7-5-11)29-22(31)18-15-9-16(19(18)23(29)32)21(27)20(15)26/h1-8,15-16,18-21H,9-10H2,(H,28,30)/t15-,16-,18-,19+,20-,21+/m1/s1. The number of carbonyl (C=O) groups excluding carboxylic acids is 4. The highest BCUT2D eigenvalue weighted by Crippen LogP contribution is 2.59. The lowest BCUT2D eigenvalue weighted by Gasteiger charge is -2.28. The van der Waals surface area contributed by atoms with E-state index in [1.54, 1.807) is 24.3 Å². The summed E-state index contributed by atoms with van der Waals surface area (Å²) < 4.78 is 5.06. The van der Waals surface area contributed by atoms with Gasteiger partial charge in [-0.25, -0.2) is 4.79 Å². The van der Waals surface area contributed by atoms with Crippen molar-refractivity contribution in [1.29, 1.82) is 0 Å². The molecule has 3 fully saturated rings. The maximum atomic E-state index is 13.1. The van der Waals surface area contributed by atoms with Gasteiger partial charge in [0.05, 0.1) is 33.8 Å². The molecule has 1 aliphatic heterocycles. The minimum absolute atomic E-state index is 0.104.